The second kappa shape index (κ2) is 5.39. The Labute approximate surface area is 138 Å². The Balaban J connectivity index is 1.83. The van der Waals surface area contributed by atoms with Gasteiger partial charge in [0.1, 0.15) is 5.82 Å². The van der Waals surface area contributed by atoms with Crippen LogP contribution in [-0.4, -0.2) is 16.1 Å². The Kier molecular flexibility index (Phi) is 3.34. The summed E-state index contributed by atoms with van der Waals surface area (Å²) in [5, 5.41) is 1.41. The molecular weight excluding hydrogens is 310 g/mol. The Bertz CT molecular complexity index is 933. The van der Waals surface area contributed by atoms with Crippen molar-refractivity contribution in [3.05, 3.63) is 69.7 Å². The molecule has 116 valence electrons. The van der Waals surface area contributed by atoms with Crippen LogP contribution >= 0.6 is 11.6 Å². The summed E-state index contributed by atoms with van der Waals surface area (Å²) in [7, 11) is 0. The van der Waals surface area contributed by atoms with E-state index in [1.807, 2.05) is 48.5 Å². The Morgan fingerprint density at radius 1 is 1.09 bits per heavy atom. The molecule has 1 aliphatic heterocycles. The molecule has 0 aliphatic carbocycles. The van der Waals surface area contributed by atoms with Crippen molar-refractivity contribution in [1.29, 1.82) is 0 Å². The Morgan fingerprint density at radius 3 is 2.61 bits per heavy atom. The second-order valence-electron chi connectivity index (χ2n) is 5.79. The van der Waals surface area contributed by atoms with Gasteiger partial charge < -0.3 is 4.90 Å². The number of benzene rings is 2. The van der Waals surface area contributed by atoms with E-state index in [4.69, 9.17) is 16.6 Å². The van der Waals surface area contributed by atoms with Crippen LogP contribution in [0.5, 0.6) is 0 Å². The third-order valence-electron chi connectivity index (χ3n) is 4.46. The molecule has 1 atom stereocenters. The van der Waals surface area contributed by atoms with E-state index >= 15 is 0 Å². The first-order valence-corrected chi connectivity index (χ1v) is 8.04. The van der Waals surface area contributed by atoms with E-state index in [0.29, 0.717) is 11.9 Å². The molecule has 0 saturated carbocycles. The minimum Gasteiger partial charge on any atom is -0.360 e. The molecule has 0 spiro atoms. The number of halogens is 1. The standard InChI is InChI=1S/C18H16ClN3O/c1-12-17-20-16-5-3-2-4-15(16)18(23)22(17)11-10-21(12)14-8-6-13(19)7-9-14/h2-9,12H,10-11H2,1H3. The van der Waals surface area contributed by atoms with Gasteiger partial charge in [0.25, 0.3) is 5.56 Å². The zero-order valence-corrected chi connectivity index (χ0v) is 13.5. The quantitative estimate of drug-likeness (QED) is 0.685. The maximum atomic E-state index is 12.7. The van der Waals surface area contributed by atoms with Gasteiger partial charge >= 0.3 is 0 Å². The molecule has 4 nitrogen and oxygen atoms in total. The molecule has 0 bridgehead atoms. The molecule has 3 aromatic rings. The number of para-hydroxylation sites is 1. The molecule has 4 rings (SSSR count). The highest BCUT2D eigenvalue weighted by atomic mass is 35.5. The highest BCUT2D eigenvalue weighted by Crippen LogP contribution is 2.30. The average molecular weight is 326 g/mol. The molecule has 1 aliphatic rings. The summed E-state index contributed by atoms with van der Waals surface area (Å²) in [5.74, 6) is 0.815. The van der Waals surface area contributed by atoms with E-state index in [-0.39, 0.29) is 11.6 Å². The molecule has 0 saturated heterocycles. The largest absolute Gasteiger partial charge is 0.360 e. The SMILES string of the molecule is CC1c2nc3ccccc3c(=O)n2CCN1c1ccc(Cl)cc1. The van der Waals surface area contributed by atoms with Gasteiger partial charge in [-0.3, -0.25) is 9.36 Å². The number of anilines is 1. The summed E-state index contributed by atoms with van der Waals surface area (Å²) >= 11 is 5.98. The lowest BCUT2D eigenvalue weighted by Gasteiger charge is -2.36. The molecule has 2 heterocycles. The van der Waals surface area contributed by atoms with Crippen LogP contribution in [0.1, 0.15) is 18.8 Å². The summed E-state index contributed by atoms with van der Waals surface area (Å²) in [6.45, 7) is 3.50. The van der Waals surface area contributed by atoms with Gasteiger partial charge in [-0.05, 0) is 43.3 Å². The van der Waals surface area contributed by atoms with Crippen LogP contribution in [-0.2, 0) is 6.54 Å². The molecule has 1 aromatic heterocycles. The van der Waals surface area contributed by atoms with Crippen molar-refractivity contribution in [1.82, 2.24) is 9.55 Å². The average Bonchev–Trinajstić information content (AvgIpc) is 2.57. The summed E-state index contributed by atoms with van der Waals surface area (Å²) in [4.78, 5) is 19.7. The van der Waals surface area contributed by atoms with E-state index in [1.165, 1.54) is 0 Å². The van der Waals surface area contributed by atoms with Gasteiger partial charge in [-0.15, -0.1) is 0 Å². The summed E-state index contributed by atoms with van der Waals surface area (Å²) in [6.07, 6.45) is 0. The van der Waals surface area contributed by atoms with Crippen LogP contribution in [0, 0.1) is 0 Å². The van der Waals surface area contributed by atoms with E-state index in [0.717, 1.165) is 28.6 Å². The van der Waals surface area contributed by atoms with Crippen LogP contribution in [0.2, 0.25) is 5.02 Å². The molecule has 5 heteroatoms. The van der Waals surface area contributed by atoms with Gasteiger partial charge in [-0.25, -0.2) is 4.98 Å². The smallest absolute Gasteiger partial charge is 0.261 e. The number of rotatable bonds is 1. The Hall–Kier alpha value is -2.33. The molecule has 23 heavy (non-hydrogen) atoms. The number of hydrogen-bond acceptors (Lipinski definition) is 3. The molecule has 0 fully saturated rings. The van der Waals surface area contributed by atoms with Gasteiger partial charge in [0.15, 0.2) is 0 Å². The fraction of sp³-hybridized carbons (Fsp3) is 0.222. The first-order chi connectivity index (χ1) is 11.1. The zero-order chi connectivity index (χ0) is 16.0. The van der Waals surface area contributed by atoms with Crippen molar-refractivity contribution in [3.8, 4) is 0 Å². The summed E-state index contributed by atoms with van der Waals surface area (Å²) < 4.78 is 1.80. The summed E-state index contributed by atoms with van der Waals surface area (Å²) in [5.41, 5.74) is 1.90. The third-order valence-corrected chi connectivity index (χ3v) is 4.71. The first kappa shape index (κ1) is 14.3. The van der Waals surface area contributed by atoms with E-state index in [2.05, 4.69) is 11.8 Å². The lowest BCUT2D eigenvalue weighted by atomic mass is 10.1. The Morgan fingerprint density at radius 2 is 1.83 bits per heavy atom. The second-order valence-corrected chi connectivity index (χ2v) is 6.23. The summed E-state index contributed by atoms with van der Waals surface area (Å²) in [6, 6.07) is 15.3. The normalized spacial score (nSPS) is 17.3. The van der Waals surface area contributed by atoms with Crippen LogP contribution < -0.4 is 10.5 Å². The third kappa shape index (κ3) is 2.30. The van der Waals surface area contributed by atoms with Crippen LogP contribution in [0.25, 0.3) is 10.9 Å². The molecule has 0 N–H and O–H groups in total. The van der Waals surface area contributed by atoms with E-state index in [1.54, 1.807) is 4.57 Å². The molecule has 1 unspecified atom stereocenters. The number of nitrogens with zero attached hydrogens (tertiary/aromatic N) is 3. The van der Waals surface area contributed by atoms with Gasteiger partial charge in [0.05, 0.1) is 16.9 Å². The molecular formula is C18H16ClN3O. The predicted octanol–water partition coefficient (Wildman–Crippen LogP) is 3.63. The zero-order valence-electron chi connectivity index (χ0n) is 12.7. The first-order valence-electron chi connectivity index (χ1n) is 7.67. The molecule has 0 radical (unpaired) electrons. The van der Waals surface area contributed by atoms with Gasteiger partial charge in [-0.2, -0.15) is 0 Å². The van der Waals surface area contributed by atoms with Crippen LogP contribution in [0.3, 0.4) is 0 Å². The van der Waals surface area contributed by atoms with Crippen molar-refractivity contribution in [2.45, 2.75) is 19.5 Å². The topological polar surface area (TPSA) is 38.1 Å². The lowest BCUT2D eigenvalue weighted by molar-refractivity contribution is 0.478. The van der Waals surface area contributed by atoms with E-state index < -0.39 is 0 Å². The molecule has 2 aromatic carbocycles. The fourth-order valence-electron chi connectivity index (χ4n) is 3.25. The molecule has 0 amide bonds. The van der Waals surface area contributed by atoms with Crippen molar-refractivity contribution in [2.75, 3.05) is 11.4 Å². The van der Waals surface area contributed by atoms with Gasteiger partial charge in [-0.1, -0.05) is 23.7 Å². The number of aromatic nitrogens is 2. The monoisotopic (exact) mass is 325 g/mol. The van der Waals surface area contributed by atoms with Crippen molar-refractivity contribution < 1.29 is 0 Å². The van der Waals surface area contributed by atoms with Crippen LogP contribution in [0.15, 0.2) is 53.3 Å². The highest BCUT2D eigenvalue weighted by Gasteiger charge is 2.27. The maximum Gasteiger partial charge on any atom is 0.261 e. The lowest BCUT2D eigenvalue weighted by Crippen LogP contribution is -2.42. The van der Waals surface area contributed by atoms with Gasteiger partial charge in [0.2, 0.25) is 0 Å². The highest BCUT2D eigenvalue weighted by molar-refractivity contribution is 6.30. The van der Waals surface area contributed by atoms with Crippen molar-refractivity contribution >= 4 is 28.2 Å². The van der Waals surface area contributed by atoms with Gasteiger partial charge in [0, 0.05) is 23.8 Å². The number of fused-ring (bicyclic) bond motifs is 2. The maximum absolute atomic E-state index is 12.7. The number of hydrogen-bond donors (Lipinski definition) is 0. The predicted molar refractivity (Wildman–Crippen MR) is 93.2 cm³/mol. The van der Waals surface area contributed by atoms with Crippen LogP contribution in [0.4, 0.5) is 5.69 Å². The minimum absolute atomic E-state index is 0.0298. The van der Waals surface area contributed by atoms with Crippen molar-refractivity contribution in [3.63, 3.8) is 0 Å². The van der Waals surface area contributed by atoms with E-state index in [9.17, 15) is 4.79 Å². The fourth-order valence-corrected chi connectivity index (χ4v) is 3.37. The minimum atomic E-state index is 0.0298. The van der Waals surface area contributed by atoms with Crippen molar-refractivity contribution in [2.24, 2.45) is 0 Å².